The summed E-state index contributed by atoms with van der Waals surface area (Å²) in [5.74, 6) is 2.42. The molecule has 2 aromatic rings. The zero-order valence-electron chi connectivity index (χ0n) is 13.3. The van der Waals surface area contributed by atoms with E-state index in [1.165, 1.54) is 29.8 Å². The third-order valence-electron chi connectivity index (χ3n) is 4.13. The van der Waals surface area contributed by atoms with E-state index in [9.17, 15) is 0 Å². The van der Waals surface area contributed by atoms with E-state index in [1.807, 2.05) is 11.6 Å². The van der Waals surface area contributed by atoms with Crippen LogP contribution in [0.15, 0.2) is 6.07 Å². The van der Waals surface area contributed by atoms with Crippen LogP contribution in [0, 0.1) is 20.8 Å². The lowest BCUT2D eigenvalue weighted by Gasteiger charge is -2.09. The van der Waals surface area contributed by atoms with Gasteiger partial charge in [-0.1, -0.05) is 0 Å². The highest BCUT2D eigenvalue weighted by molar-refractivity contribution is 5.40. The molecule has 5 nitrogen and oxygen atoms in total. The summed E-state index contributed by atoms with van der Waals surface area (Å²) in [4.78, 5) is 9.03. The fourth-order valence-corrected chi connectivity index (χ4v) is 2.75. The van der Waals surface area contributed by atoms with Crippen LogP contribution in [0.4, 0.5) is 5.82 Å². The van der Waals surface area contributed by atoms with Gasteiger partial charge in [0.25, 0.3) is 0 Å². The van der Waals surface area contributed by atoms with Crippen LogP contribution in [0.5, 0.6) is 0 Å². The Bertz CT molecular complexity index is 655. The van der Waals surface area contributed by atoms with Gasteiger partial charge in [0, 0.05) is 42.0 Å². The van der Waals surface area contributed by atoms with Gasteiger partial charge < -0.3 is 5.32 Å². The Morgan fingerprint density at radius 2 is 2.00 bits per heavy atom. The summed E-state index contributed by atoms with van der Waals surface area (Å²) in [5.41, 5.74) is 4.77. The Hall–Kier alpha value is -1.91. The molecular weight excluding hydrogens is 262 g/mol. The number of hydrogen-bond donors (Lipinski definition) is 1. The van der Waals surface area contributed by atoms with Crippen molar-refractivity contribution in [2.45, 2.75) is 59.5 Å². The van der Waals surface area contributed by atoms with Crippen molar-refractivity contribution in [2.24, 2.45) is 0 Å². The molecule has 0 amide bonds. The molecule has 0 bridgehead atoms. The molecule has 0 atom stereocenters. The van der Waals surface area contributed by atoms with Gasteiger partial charge in [-0.2, -0.15) is 5.10 Å². The van der Waals surface area contributed by atoms with Gasteiger partial charge in [0.15, 0.2) is 0 Å². The minimum absolute atomic E-state index is 0.651. The summed E-state index contributed by atoms with van der Waals surface area (Å²) in [6, 6.07) is 2.10. The number of rotatable bonds is 5. The fourth-order valence-electron chi connectivity index (χ4n) is 2.75. The van der Waals surface area contributed by atoms with E-state index in [1.54, 1.807) is 0 Å². The van der Waals surface area contributed by atoms with Crippen molar-refractivity contribution in [1.82, 2.24) is 19.7 Å². The van der Waals surface area contributed by atoms with Gasteiger partial charge in [0.2, 0.25) is 0 Å². The van der Waals surface area contributed by atoms with E-state index >= 15 is 0 Å². The topological polar surface area (TPSA) is 55.6 Å². The van der Waals surface area contributed by atoms with Crippen molar-refractivity contribution in [1.29, 1.82) is 0 Å². The van der Waals surface area contributed by atoms with Crippen LogP contribution in [0.1, 0.15) is 54.2 Å². The van der Waals surface area contributed by atoms with E-state index in [-0.39, 0.29) is 0 Å². The second kappa shape index (κ2) is 5.47. The van der Waals surface area contributed by atoms with E-state index in [2.05, 4.69) is 47.2 Å². The highest BCUT2D eigenvalue weighted by Crippen LogP contribution is 2.39. The molecule has 1 aliphatic carbocycles. The number of hydrogen-bond acceptors (Lipinski definition) is 4. The number of aromatic nitrogens is 4. The van der Waals surface area contributed by atoms with Crippen molar-refractivity contribution < 1.29 is 0 Å². The molecule has 21 heavy (non-hydrogen) atoms. The van der Waals surface area contributed by atoms with Crippen LogP contribution in [0.2, 0.25) is 0 Å². The first-order chi connectivity index (χ1) is 10.1. The van der Waals surface area contributed by atoms with Crippen molar-refractivity contribution in [3.05, 3.63) is 34.5 Å². The van der Waals surface area contributed by atoms with Crippen LogP contribution in [-0.2, 0) is 13.1 Å². The minimum atomic E-state index is 0.651. The highest BCUT2D eigenvalue weighted by atomic mass is 15.3. The van der Waals surface area contributed by atoms with E-state index in [4.69, 9.17) is 0 Å². The van der Waals surface area contributed by atoms with Gasteiger partial charge in [0.1, 0.15) is 11.6 Å². The van der Waals surface area contributed by atoms with Crippen LogP contribution in [0.3, 0.4) is 0 Å². The summed E-state index contributed by atoms with van der Waals surface area (Å²) in [7, 11) is 0. The molecule has 0 unspecified atom stereocenters. The normalized spacial score (nSPS) is 14.5. The quantitative estimate of drug-likeness (QED) is 0.917. The number of nitrogens with zero attached hydrogens (tertiary/aromatic N) is 4. The Labute approximate surface area is 125 Å². The number of anilines is 1. The summed E-state index contributed by atoms with van der Waals surface area (Å²) in [5, 5.41) is 8.00. The summed E-state index contributed by atoms with van der Waals surface area (Å²) < 4.78 is 2.05. The molecule has 0 aromatic carbocycles. The molecular formula is C16H23N5. The zero-order valence-corrected chi connectivity index (χ0v) is 13.3. The lowest BCUT2D eigenvalue weighted by atomic mass is 10.2. The fraction of sp³-hybridized carbons (Fsp3) is 0.562. The summed E-state index contributed by atoms with van der Waals surface area (Å²) in [6.07, 6.45) is 2.52. The summed E-state index contributed by atoms with van der Waals surface area (Å²) in [6.45, 7) is 9.94. The first-order valence-corrected chi connectivity index (χ1v) is 7.70. The Morgan fingerprint density at radius 1 is 1.24 bits per heavy atom. The van der Waals surface area contributed by atoms with Gasteiger partial charge in [-0.3, -0.25) is 4.68 Å². The molecule has 2 aromatic heterocycles. The molecule has 1 aliphatic rings. The Balaban J connectivity index is 1.77. The average Bonchev–Trinajstić information content (AvgIpc) is 3.25. The molecule has 1 fully saturated rings. The van der Waals surface area contributed by atoms with Gasteiger partial charge in [-0.05, 0) is 40.5 Å². The number of aryl methyl sites for hydroxylation is 3. The zero-order chi connectivity index (χ0) is 15.0. The molecule has 3 rings (SSSR count). The van der Waals surface area contributed by atoms with Gasteiger partial charge >= 0.3 is 0 Å². The third kappa shape index (κ3) is 2.91. The summed E-state index contributed by atoms with van der Waals surface area (Å²) >= 11 is 0. The predicted molar refractivity (Wildman–Crippen MR) is 83.4 cm³/mol. The molecule has 1 saturated carbocycles. The van der Waals surface area contributed by atoms with E-state index < -0.39 is 0 Å². The predicted octanol–water partition coefficient (Wildman–Crippen LogP) is 3.11. The van der Waals surface area contributed by atoms with Gasteiger partial charge in [-0.15, -0.1) is 0 Å². The molecule has 112 valence electrons. The highest BCUT2D eigenvalue weighted by Gasteiger charge is 2.25. The average molecular weight is 285 g/mol. The maximum Gasteiger partial charge on any atom is 0.130 e. The molecule has 2 heterocycles. The maximum absolute atomic E-state index is 4.56. The largest absolute Gasteiger partial charge is 0.366 e. The molecule has 0 radical (unpaired) electrons. The second-order valence-corrected chi connectivity index (χ2v) is 5.82. The first kappa shape index (κ1) is 14.0. The van der Waals surface area contributed by atoms with E-state index in [0.29, 0.717) is 5.92 Å². The van der Waals surface area contributed by atoms with Crippen LogP contribution < -0.4 is 5.32 Å². The smallest absolute Gasteiger partial charge is 0.130 e. The van der Waals surface area contributed by atoms with E-state index in [0.717, 1.165) is 30.4 Å². The molecule has 0 aliphatic heterocycles. The lowest BCUT2D eigenvalue weighted by Crippen LogP contribution is -2.06. The maximum atomic E-state index is 4.56. The Kier molecular flexibility index (Phi) is 3.66. The van der Waals surface area contributed by atoms with Crippen molar-refractivity contribution in [2.75, 3.05) is 5.32 Å². The minimum Gasteiger partial charge on any atom is -0.366 e. The van der Waals surface area contributed by atoms with Crippen molar-refractivity contribution >= 4 is 5.82 Å². The number of nitrogens with one attached hydrogen (secondary N) is 1. The molecule has 5 heteroatoms. The molecule has 0 spiro atoms. The second-order valence-electron chi connectivity index (χ2n) is 5.82. The van der Waals surface area contributed by atoms with Gasteiger partial charge in [-0.25, -0.2) is 9.97 Å². The first-order valence-electron chi connectivity index (χ1n) is 7.70. The van der Waals surface area contributed by atoms with Crippen LogP contribution >= 0.6 is 0 Å². The SMILES string of the molecule is CCn1nc(C)c(CNc2cc(C3CC3)nc(C)n2)c1C. The molecule has 1 N–H and O–H groups in total. The van der Waals surface area contributed by atoms with Gasteiger partial charge in [0.05, 0.1) is 5.69 Å². The van der Waals surface area contributed by atoms with Crippen LogP contribution in [0.25, 0.3) is 0 Å². The van der Waals surface area contributed by atoms with Crippen LogP contribution in [-0.4, -0.2) is 19.7 Å². The Morgan fingerprint density at radius 3 is 2.62 bits per heavy atom. The lowest BCUT2D eigenvalue weighted by molar-refractivity contribution is 0.633. The standard InChI is InChI=1S/C16H23N5/c1-5-21-11(3)14(10(2)20-21)9-17-16-8-15(13-6-7-13)18-12(4)19-16/h8,13H,5-7,9H2,1-4H3,(H,17,18,19). The third-order valence-corrected chi connectivity index (χ3v) is 4.13. The van der Waals surface area contributed by atoms with Crippen molar-refractivity contribution in [3.63, 3.8) is 0 Å². The molecule has 0 saturated heterocycles. The monoisotopic (exact) mass is 285 g/mol. The van der Waals surface area contributed by atoms with Crippen molar-refractivity contribution in [3.8, 4) is 0 Å².